The lowest BCUT2D eigenvalue weighted by atomic mass is 10.0. The molecule has 1 saturated carbocycles. The number of hydrogen-bond acceptors (Lipinski definition) is 5. The molecule has 0 bridgehead atoms. The molecule has 0 radical (unpaired) electrons. The van der Waals surface area contributed by atoms with Crippen LogP contribution in [0.2, 0.25) is 0 Å². The molecule has 0 N–H and O–H groups in total. The van der Waals surface area contributed by atoms with E-state index in [1.807, 2.05) is 17.9 Å². The van der Waals surface area contributed by atoms with Gasteiger partial charge >= 0.3 is 5.63 Å². The highest BCUT2D eigenvalue weighted by Gasteiger charge is 2.43. The van der Waals surface area contributed by atoms with Crippen molar-refractivity contribution in [3.05, 3.63) is 33.4 Å². The average Bonchev–Trinajstić information content (AvgIpc) is 3.50. The fourth-order valence-corrected chi connectivity index (χ4v) is 4.59. The number of carbonyl (C=O) groups excluding carboxylic acids is 1. The van der Waals surface area contributed by atoms with Gasteiger partial charge in [0.1, 0.15) is 11.3 Å². The molecule has 2 saturated heterocycles. The zero-order valence-corrected chi connectivity index (χ0v) is 17.3. The van der Waals surface area contributed by atoms with Gasteiger partial charge in [0.25, 0.3) is 5.91 Å². The highest BCUT2D eigenvalue weighted by atomic mass is 16.5. The Labute approximate surface area is 166 Å². The molecule has 6 heteroatoms. The lowest BCUT2D eigenvalue weighted by Gasteiger charge is -2.48. The van der Waals surface area contributed by atoms with Gasteiger partial charge in [0.05, 0.1) is 19.3 Å². The first kappa shape index (κ1) is 19.6. The van der Waals surface area contributed by atoms with Gasteiger partial charge in [-0.1, -0.05) is 13.8 Å². The van der Waals surface area contributed by atoms with Crippen LogP contribution in [-0.4, -0.2) is 60.6 Å². The van der Waals surface area contributed by atoms with Gasteiger partial charge in [-0.15, -0.1) is 0 Å². The second-order valence-corrected chi connectivity index (χ2v) is 9.08. The SMILES string of the molecule is Cc1cc(CCC(C)C)oc(=O)c1C(=O)N1CCN2[C@@H](COC[C@@H]2C2CC2)C1. The van der Waals surface area contributed by atoms with Crippen molar-refractivity contribution < 1.29 is 13.9 Å². The zero-order chi connectivity index (χ0) is 19.8. The quantitative estimate of drug-likeness (QED) is 0.775. The minimum absolute atomic E-state index is 0.192. The van der Waals surface area contributed by atoms with Crippen molar-refractivity contribution in [3.63, 3.8) is 0 Å². The molecule has 1 amide bonds. The molecule has 0 aromatic carbocycles. The topological polar surface area (TPSA) is 63.0 Å². The van der Waals surface area contributed by atoms with Crippen LogP contribution in [0, 0.1) is 18.8 Å². The van der Waals surface area contributed by atoms with E-state index >= 15 is 0 Å². The lowest BCUT2D eigenvalue weighted by molar-refractivity contribution is -0.0816. The summed E-state index contributed by atoms with van der Waals surface area (Å²) in [5.74, 6) is 1.78. The van der Waals surface area contributed by atoms with Gasteiger partial charge in [0.15, 0.2) is 0 Å². The van der Waals surface area contributed by atoms with E-state index in [1.54, 1.807) is 0 Å². The number of hydrogen-bond donors (Lipinski definition) is 0. The second kappa shape index (κ2) is 7.99. The Balaban J connectivity index is 1.47. The predicted octanol–water partition coefficient (Wildman–Crippen LogP) is 2.47. The molecule has 154 valence electrons. The first-order valence-corrected chi connectivity index (χ1v) is 10.7. The van der Waals surface area contributed by atoms with Gasteiger partial charge in [-0.2, -0.15) is 0 Å². The van der Waals surface area contributed by atoms with Gasteiger partial charge in [0.2, 0.25) is 0 Å². The molecule has 3 aliphatic rings. The molecule has 1 aliphatic carbocycles. The molecule has 0 spiro atoms. The molecule has 2 aliphatic heterocycles. The monoisotopic (exact) mass is 388 g/mol. The summed E-state index contributed by atoms with van der Waals surface area (Å²) >= 11 is 0. The number of rotatable bonds is 5. The fourth-order valence-electron chi connectivity index (χ4n) is 4.59. The van der Waals surface area contributed by atoms with Crippen LogP contribution in [-0.2, 0) is 11.2 Å². The van der Waals surface area contributed by atoms with Crippen LogP contribution in [0.1, 0.15) is 54.8 Å². The van der Waals surface area contributed by atoms with Gasteiger partial charge in [-0.25, -0.2) is 4.79 Å². The van der Waals surface area contributed by atoms with Crippen molar-refractivity contribution in [2.45, 2.75) is 58.5 Å². The molecule has 1 aromatic rings. The van der Waals surface area contributed by atoms with Crippen molar-refractivity contribution in [2.24, 2.45) is 11.8 Å². The van der Waals surface area contributed by atoms with Crippen LogP contribution in [0.3, 0.4) is 0 Å². The molecule has 3 fully saturated rings. The molecular weight excluding hydrogens is 356 g/mol. The van der Waals surface area contributed by atoms with E-state index in [2.05, 4.69) is 18.7 Å². The Morgan fingerprint density at radius 2 is 2.04 bits per heavy atom. The summed E-state index contributed by atoms with van der Waals surface area (Å²) in [4.78, 5) is 30.0. The molecular formula is C22H32N2O4. The van der Waals surface area contributed by atoms with Crippen molar-refractivity contribution in [3.8, 4) is 0 Å². The van der Waals surface area contributed by atoms with Gasteiger partial charge in [-0.3, -0.25) is 9.69 Å². The maximum Gasteiger partial charge on any atom is 0.349 e. The minimum atomic E-state index is -0.498. The molecule has 3 heterocycles. The third-order valence-electron chi connectivity index (χ3n) is 6.39. The van der Waals surface area contributed by atoms with E-state index in [-0.39, 0.29) is 17.5 Å². The first-order valence-electron chi connectivity index (χ1n) is 10.7. The summed E-state index contributed by atoms with van der Waals surface area (Å²) in [6.07, 6.45) is 4.27. The number of fused-ring (bicyclic) bond motifs is 1. The maximum atomic E-state index is 13.1. The Kier molecular flexibility index (Phi) is 5.61. The van der Waals surface area contributed by atoms with E-state index in [0.29, 0.717) is 37.4 Å². The number of morpholine rings is 1. The molecule has 1 aromatic heterocycles. The number of nitrogens with zero attached hydrogens (tertiary/aromatic N) is 2. The van der Waals surface area contributed by atoms with Gasteiger partial charge < -0.3 is 14.1 Å². The number of ether oxygens (including phenoxy) is 1. The van der Waals surface area contributed by atoms with E-state index in [9.17, 15) is 9.59 Å². The fraction of sp³-hybridized carbons (Fsp3) is 0.727. The first-order chi connectivity index (χ1) is 13.4. The Bertz CT molecular complexity index is 783. The van der Waals surface area contributed by atoms with Gasteiger partial charge in [0, 0.05) is 32.1 Å². The number of amides is 1. The van der Waals surface area contributed by atoms with Crippen molar-refractivity contribution in [2.75, 3.05) is 32.8 Å². The van der Waals surface area contributed by atoms with Crippen LogP contribution in [0.15, 0.2) is 15.3 Å². The normalized spacial score (nSPS) is 25.8. The highest BCUT2D eigenvalue weighted by Crippen LogP contribution is 2.38. The van der Waals surface area contributed by atoms with Gasteiger partial charge in [-0.05, 0) is 49.7 Å². The number of carbonyl (C=O) groups is 1. The van der Waals surface area contributed by atoms with Crippen LogP contribution in [0.4, 0.5) is 0 Å². The smallest absolute Gasteiger partial charge is 0.349 e. The number of aryl methyl sites for hydroxylation is 2. The minimum Gasteiger partial charge on any atom is -0.427 e. The van der Waals surface area contributed by atoms with Crippen molar-refractivity contribution in [1.82, 2.24) is 9.80 Å². The summed E-state index contributed by atoms with van der Waals surface area (Å²) in [6.45, 7) is 9.74. The summed E-state index contributed by atoms with van der Waals surface area (Å²) < 4.78 is 11.3. The third kappa shape index (κ3) is 4.03. The van der Waals surface area contributed by atoms with Crippen molar-refractivity contribution in [1.29, 1.82) is 0 Å². The molecule has 0 unspecified atom stereocenters. The summed E-state index contributed by atoms with van der Waals surface area (Å²) in [7, 11) is 0. The van der Waals surface area contributed by atoms with E-state index < -0.39 is 5.63 Å². The van der Waals surface area contributed by atoms with Crippen LogP contribution in [0.25, 0.3) is 0 Å². The molecule has 2 atom stereocenters. The average molecular weight is 389 g/mol. The molecule has 6 nitrogen and oxygen atoms in total. The Hall–Kier alpha value is -1.66. The van der Waals surface area contributed by atoms with Crippen LogP contribution >= 0.6 is 0 Å². The molecule has 28 heavy (non-hydrogen) atoms. The van der Waals surface area contributed by atoms with Crippen LogP contribution in [0.5, 0.6) is 0 Å². The van der Waals surface area contributed by atoms with Crippen LogP contribution < -0.4 is 5.63 Å². The zero-order valence-electron chi connectivity index (χ0n) is 17.3. The van der Waals surface area contributed by atoms with Crippen molar-refractivity contribution >= 4 is 5.91 Å². The summed E-state index contributed by atoms with van der Waals surface area (Å²) in [6, 6.07) is 2.60. The maximum absolute atomic E-state index is 13.1. The summed E-state index contributed by atoms with van der Waals surface area (Å²) in [5.41, 5.74) is 0.414. The van der Waals surface area contributed by atoms with E-state index in [1.165, 1.54) is 12.8 Å². The Morgan fingerprint density at radius 1 is 1.25 bits per heavy atom. The lowest BCUT2D eigenvalue weighted by Crippen LogP contribution is -2.63. The Morgan fingerprint density at radius 3 is 2.71 bits per heavy atom. The van der Waals surface area contributed by atoms with E-state index in [4.69, 9.17) is 9.15 Å². The largest absolute Gasteiger partial charge is 0.427 e. The number of piperazine rings is 1. The van der Waals surface area contributed by atoms with E-state index in [0.717, 1.165) is 37.5 Å². The predicted molar refractivity (Wildman–Crippen MR) is 107 cm³/mol. The third-order valence-corrected chi connectivity index (χ3v) is 6.39. The standard InChI is InChI=1S/C22H32N2O4/c1-14(2)4-7-18-10-15(3)20(22(26)28-18)21(25)23-8-9-24-17(11-23)12-27-13-19(24)16-5-6-16/h10,14,16-17,19H,4-9,11-13H2,1-3H3/t17-,19-/m1/s1. The molecule has 4 rings (SSSR count). The highest BCUT2D eigenvalue weighted by molar-refractivity contribution is 5.95. The second-order valence-electron chi connectivity index (χ2n) is 9.08. The summed E-state index contributed by atoms with van der Waals surface area (Å²) in [5, 5.41) is 0.